The minimum absolute atomic E-state index is 0.331. The van der Waals surface area contributed by atoms with E-state index in [4.69, 9.17) is 10.9 Å². The van der Waals surface area contributed by atoms with Gasteiger partial charge < -0.3 is 10.3 Å². The van der Waals surface area contributed by atoms with E-state index in [0.29, 0.717) is 17.8 Å². The molecule has 0 aliphatic heterocycles. The molecule has 32 heavy (non-hydrogen) atoms. The average molecular weight is 490 g/mol. The van der Waals surface area contributed by atoms with Gasteiger partial charge in [-0.15, -0.1) is 0 Å². The summed E-state index contributed by atoms with van der Waals surface area (Å²) in [6.45, 7) is 0.373. The topological polar surface area (TPSA) is 97.4 Å². The summed E-state index contributed by atoms with van der Waals surface area (Å²) >= 11 is 3.50. The van der Waals surface area contributed by atoms with E-state index in [-0.39, 0.29) is 0 Å². The number of hydrogen-bond donors (Lipinski definition) is 3. The first-order valence-electron chi connectivity index (χ1n) is 9.86. The first-order chi connectivity index (χ1) is 15.5. The molecular formula is C25H20BrN3O3. The van der Waals surface area contributed by atoms with Crippen LogP contribution in [0.5, 0.6) is 0 Å². The maximum atomic E-state index is 12.6. The summed E-state index contributed by atoms with van der Waals surface area (Å²) < 4.78 is 2.80. The van der Waals surface area contributed by atoms with Gasteiger partial charge in [0.15, 0.2) is 0 Å². The quantitative estimate of drug-likeness (QED) is 0.266. The first kappa shape index (κ1) is 21.5. The molecule has 0 saturated carbocycles. The Kier molecular flexibility index (Phi) is 6.20. The molecule has 0 aliphatic rings. The maximum Gasteiger partial charge on any atom is 0.274 e. The summed E-state index contributed by atoms with van der Waals surface area (Å²) in [4.78, 5) is 24.2. The van der Waals surface area contributed by atoms with Gasteiger partial charge in [0.1, 0.15) is 5.69 Å². The molecule has 3 aromatic carbocycles. The molecule has 2 amide bonds. The zero-order chi connectivity index (χ0) is 22.7. The molecule has 1 aromatic heterocycles. The van der Waals surface area contributed by atoms with Crippen LogP contribution in [-0.2, 0) is 6.54 Å². The second-order valence-electron chi connectivity index (χ2n) is 7.26. The van der Waals surface area contributed by atoms with Crippen molar-refractivity contribution in [1.29, 1.82) is 0 Å². The highest BCUT2D eigenvalue weighted by Gasteiger charge is 2.22. The van der Waals surface area contributed by atoms with E-state index in [1.54, 1.807) is 29.7 Å². The fraction of sp³-hybridized carbons (Fsp3) is 0.0400. The van der Waals surface area contributed by atoms with Crippen molar-refractivity contribution in [1.82, 2.24) is 10.0 Å². The maximum absolute atomic E-state index is 12.6. The normalized spacial score (nSPS) is 10.7. The number of carbonyl (C=O) groups excluding carboxylic acids is 2. The van der Waals surface area contributed by atoms with Gasteiger partial charge in [0.25, 0.3) is 11.8 Å². The molecule has 0 bridgehead atoms. The molecule has 0 spiro atoms. The summed E-state index contributed by atoms with van der Waals surface area (Å²) in [5.74, 6) is -1.12. The molecule has 6 nitrogen and oxygen atoms in total. The number of carbonyl (C=O) groups is 2. The van der Waals surface area contributed by atoms with E-state index >= 15 is 0 Å². The lowest BCUT2D eigenvalue weighted by atomic mass is 10.0. The SMILES string of the molecule is NC(=O)c1c(-c2cccc(Br)c2)cc(-c2ccccc2)n1Cc1ccc(C(=O)NO)cc1. The van der Waals surface area contributed by atoms with Gasteiger partial charge in [0.2, 0.25) is 0 Å². The highest BCUT2D eigenvalue weighted by atomic mass is 79.9. The van der Waals surface area contributed by atoms with Gasteiger partial charge in [-0.05, 0) is 47.0 Å². The van der Waals surface area contributed by atoms with Crippen molar-refractivity contribution < 1.29 is 14.8 Å². The van der Waals surface area contributed by atoms with Crippen molar-refractivity contribution in [2.45, 2.75) is 6.54 Å². The van der Waals surface area contributed by atoms with Crippen LogP contribution in [-0.4, -0.2) is 21.6 Å². The number of halogens is 1. The van der Waals surface area contributed by atoms with Crippen LogP contribution in [0.15, 0.2) is 89.4 Å². The number of nitrogens with zero attached hydrogens (tertiary/aromatic N) is 1. The zero-order valence-corrected chi connectivity index (χ0v) is 18.5. The van der Waals surface area contributed by atoms with E-state index in [1.807, 2.05) is 65.2 Å². The van der Waals surface area contributed by atoms with Gasteiger partial charge >= 0.3 is 0 Å². The van der Waals surface area contributed by atoms with E-state index in [1.165, 1.54) is 0 Å². The number of benzene rings is 3. The second kappa shape index (κ2) is 9.21. The van der Waals surface area contributed by atoms with Crippen LogP contribution in [0.4, 0.5) is 0 Å². The molecular weight excluding hydrogens is 470 g/mol. The Morgan fingerprint density at radius 3 is 2.22 bits per heavy atom. The number of hydrogen-bond acceptors (Lipinski definition) is 3. The molecule has 4 aromatic rings. The van der Waals surface area contributed by atoms with Crippen molar-refractivity contribution in [3.8, 4) is 22.4 Å². The lowest BCUT2D eigenvalue weighted by Gasteiger charge is -2.14. The van der Waals surface area contributed by atoms with E-state index in [9.17, 15) is 9.59 Å². The zero-order valence-electron chi connectivity index (χ0n) is 17.0. The number of rotatable bonds is 6. The predicted molar refractivity (Wildman–Crippen MR) is 126 cm³/mol. The Labute approximate surface area is 193 Å². The van der Waals surface area contributed by atoms with Crippen molar-refractivity contribution >= 4 is 27.7 Å². The number of nitrogens with one attached hydrogen (secondary N) is 1. The van der Waals surface area contributed by atoms with Gasteiger partial charge in [0.05, 0.1) is 0 Å². The highest BCUT2D eigenvalue weighted by Crippen LogP contribution is 2.34. The Hall–Kier alpha value is -3.68. The van der Waals surface area contributed by atoms with Crippen LogP contribution < -0.4 is 11.2 Å². The van der Waals surface area contributed by atoms with E-state index in [0.717, 1.165) is 32.4 Å². The van der Waals surface area contributed by atoms with Gasteiger partial charge in [0, 0.05) is 27.8 Å². The van der Waals surface area contributed by atoms with Crippen LogP contribution in [0.2, 0.25) is 0 Å². The van der Waals surface area contributed by atoms with E-state index < -0.39 is 11.8 Å². The fourth-order valence-electron chi connectivity index (χ4n) is 3.71. The average Bonchev–Trinajstić information content (AvgIpc) is 3.19. The molecule has 0 aliphatic carbocycles. The molecule has 0 fully saturated rings. The lowest BCUT2D eigenvalue weighted by molar-refractivity contribution is 0.0706. The van der Waals surface area contributed by atoms with Crippen molar-refractivity contribution in [3.63, 3.8) is 0 Å². The largest absolute Gasteiger partial charge is 0.364 e. The fourth-order valence-corrected chi connectivity index (χ4v) is 4.11. The van der Waals surface area contributed by atoms with Crippen LogP contribution in [0.25, 0.3) is 22.4 Å². The molecule has 4 N–H and O–H groups in total. The number of aromatic nitrogens is 1. The molecule has 0 atom stereocenters. The first-order valence-corrected chi connectivity index (χ1v) is 10.7. The molecule has 4 rings (SSSR count). The van der Waals surface area contributed by atoms with Crippen LogP contribution in [0.1, 0.15) is 26.4 Å². The lowest BCUT2D eigenvalue weighted by Crippen LogP contribution is -2.19. The Morgan fingerprint density at radius 1 is 0.906 bits per heavy atom. The predicted octanol–water partition coefficient (Wildman–Crippen LogP) is 4.85. The molecule has 0 unspecified atom stereocenters. The van der Waals surface area contributed by atoms with Crippen molar-refractivity contribution in [3.05, 3.63) is 106 Å². The Morgan fingerprint density at radius 2 is 1.59 bits per heavy atom. The third-order valence-corrected chi connectivity index (χ3v) is 5.69. The third kappa shape index (κ3) is 4.34. The number of primary amides is 1. The molecule has 1 heterocycles. The van der Waals surface area contributed by atoms with Gasteiger partial charge in [-0.3, -0.25) is 14.8 Å². The monoisotopic (exact) mass is 489 g/mol. The standard InChI is InChI=1S/C25H20BrN3O3/c26-20-8-4-7-19(13-20)21-14-22(17-5-2-1-3-6-17)29(23(21)24(27)30)15-16-9-11-18(12-10-16)25(31)28-32/h1-14,32H,15H2,(H2,27,30)(H,28,31). The van der Waals surface area contributed by atoms with Crippen LogP contribution >= 0.6 is 15.9 Å². The Balaban J connectivity index is 1.87. The van der Waals surface area contributed by atoms with Gasteiger partial charge in [-0.25, -0.2) is 5.48 Å². The Bertz CT molecular complexity index is 1280. The minimum atomic E-state index is -0.586. The minimum Gasteiger partial charge on any atom is -0.364 e. The van der Waals surface area contributed by atoms with Crippen LogP contribution in [0, 0.1) is 0 Å². The number of amides is 2. The summed E-state index contributed by atoms with van der Waals surface area (Å²) in [5.41, 5.74) is 12.5. The number of nitrogens with two attached hydrogens (primary N) is 1. The molecule has 0 saturated heterocycles. The molecule has 160 valence electrons. The smallest absolute Gasteiger partial charge is 0.274 e. The third-order valence-electron chi connectivity index (χ3n) is 5.19. The number of hydroxylamine groups is 1. The van der Waals surface area contributed by atoms with Crippen molar-refractivity contribution in [2.24, 2.45) is 5.73 Å². The summed E-state index contributed by atoms with van der Waals surface area (Å²) in [5, 5.41) is 8.82. The summed E-state index contributed by atoms with van der Waals surface area (Å²) in [6.07, 6.45) is 0. The van der Waals surface area contributed by atoms with Crippen molar-refractivity contribution in [2.75, 3.05) is 0 Å². The van der Waals surface area contributed by atoms with Gasteiger partial charge in [-0.2, -0.15) is 0 Å². The van der Waals surface area contributed by atoms with E-state index in [2.05, 4.69) is 15.9 Å². The highest BCUT2D eigenvalue weighted by molar-refractivity contribution is 9.10. The summed E-state index contributed by atoms with van der Waals surface area (Å²) in [6, 6.07) is 26.3. The van der Waals surface area contributed by atoms with Gasteiger partial charge in [-0.1, -0.05) is 70.5 Å². The summed E-state index contributed by atoms with van der Waals surface area (Å²) in [7, 11) is 0. The molecule has 7 heteroatoms. The second-order valence-corrected chi connectivity index (χ2v) is 8.17. The molecule has 0 radical (unpaired) electrons. The van der Waals surface area contributed by atoms with Crippen LogP contribution in [0.3, 0.4) is 0 Å².